The topological polar surface area (TPSA) is 62.8 Å². The molecule has 1 N–H and O–H groups in total. The molecule has 27 heavy (non-hydrogen) atoms. The highest BCUT2D eigenvalue weighted by Crippen LogP contribution is 2.24. The van der Waals surface area contributed by atoms with E-state index in [0.717, 1.165) is 36.7 Å². The first kappa shape index (κ1) is 17.9. The quantitative estimate of drug-likeness (QED) is 0.727. The number of aryl methyl sites for hydroxylation is 1. The van der Waals surface area contributed by atoms with Crippen molar-refractivity contribution in [2.45, 2.75) is 38.8 Å². The summed E-state index contributed by atoms with van der Waals surface area (Å²) in [6, 6.07) is 9.66. The van der Waals surface area contributed by atoms with E-state index in [1.54, 1.807) is 22.9 Å². The standard InChI is InChI=1S/C21H26N4O2/c1-16-7-10-25-20(12-16)23-17(13-21(25)26)14-22-15-18(19-6-5-11-27-19)24-8-3-2-4-9-24/h5-7,10-13,18,22H,2-4,8-9,14-15H2,1H3/t18-/m1/s1. The maximum absolute atomic E-state index is 12.3. The van der Waals surface area contributed by atoms with Gasteiger partial charge < -0.3 is 9.73 Å². The Balaban J connectivity index is 1.47. The Hall–Kier alpha value is -2.44. The van der Waals surface area contributed by atoms with Crippen LogP contribution in [0.2, 0.25) is 0 Å². The van der Waals surface area contributed by atoms with Crippen molar-refractivity contribution in [1.82, 2.24) is 19.6 Å². The van der Waals surface area contributed by atoms with Gasteiger partial charge >= 0.3 is 0 Å². The molecule has 4 rings (SSSR count). The van der Waals surface area contributed by atoms with Crippen LogP contribution in [0.1, 0.15) is 42.3 Å². The number of piperidine rings is 1. The molecule has 0 amide bonds. The highest BCUT2D eigenvalue weighted by atomic mass is 16.3. The highest BCUT2D eigenvalue weighted by Gasteiger charge is 2.24. The molecule has 0 bridgehead atoms. The average Bonchev–Trinajstić information content (AvgIpc) is 3.20. The summed E-state index contributed by atoms with van der Waals surface area (Å²) in [6.07, 6.45) is 7.29. The molecule has 1 fully saturated rings. The third-order valence-corrected chi connectivity index (χ3v) is 5.22. The lowest BCUT2D eigenvalue weighted by atomic mass is 10.1. The molecule has 3 aromatic heterocycles. The zero-order chi connectivity index (χ0) is 18.6. The van der Waals surface area contributed by atoms with Gasteiger partial charge in [-0.05, 0) is 62.7 Å². The monoisotopic (exact) mass is 366 g/mol. The molecule has 3 aromatic rings. The summed E-state index contributed by atoms with van der Waals surface area (Å²) < 4.78 is 7.27. The Morgan fingerprint density at radius 1 is 1.22 bits per heavy atom. The summed E-state index contributed by atoms with van der Waals surface area (Å²) in [7, 11) is 0. The molecule has 0 aliphatic carbocycles. The van der Waals surface area contributed by atoms with Crippen LogP contribution in [0, 0.1) is 6.92 Å². The van der Waals surface area contributed by atoms with Gasteiger partial charge in [0.25, 0.3) is 5.56 Å². The van der Waals surface area contributed by atoms with Crippen molar-refractivity contribution in [1.29, 1.82) is 0 Å². The van der Waals surface area contributed by atoms with Crippen LogP contribution < -0.4 is 10.9 Å². The van der Waals surface area contributed by atoms with Gasteiger partial charge in [-0.25, -0.2) is 4.98 Å². The lowest BCUT2D eigenvalue weighted by Gasteiger charge is -2.33. The SMILES string of the molecule is Cc1ccn2c(=O)cc(CNC[C@H](c3ccco3)N3CCCCC3)nc2c1. The molecular weight excluding hydrogens is 340 g/mol. The Kier molecular flexibility index (Phi) is 5.36. The number of pyridine rings is 1. The van der Waals surface area contributed by atoms with Crippen LogP contribution in [0.3, 0.4) is 0 Å². The van der Waals surface area contributed by atoms with Gasteiger partial charge in [0, 0.05) is 25.4 Å². The number of aromatic nitrogens is 2. The third kappa shape index (κ3) is 4.12. The van der Waals surface area contributed by atoms with Gasteiger partial charge in [0.1, 0.15) is 11.4 Å². The molecule has 0 radical (unpaired) electrons. The molecule has 0 spiro atoms. The second-order valence-electron chi connectivity index (χ2n) is 7.28. The fraction of sp³-hybridized carbons (Fsp3) is 0.429. The molecule has 1 aliphatic rings. The fourth-order valence-electron chi connectivity index (χ4n) is 3.80. The molecule has 1 atom stereocenters. The summed E-state index contributed by atoms with van der Waals surface area (Å²) in [5.74, 6) is 0.992. The molecule has 0 saturated carbocycles. The van der Waals surface area contributed by atoms with E-state index >= 15 is 0 Å². The Morgan fingerprint density at radius 2 is 2.07 bits per heavy atom. The van der Waals surface area contributed by atoms with Crippen LogP contribution >= 0.6 is 0 Å². The van der Waals surface area contributed by atoms with Crippen LogP contribution in [-0.4, -0.2) is 33.9 Å². The Labute approximate surface area is 158 Å². The van der Waals surface area contributed by atoms with Gasteiger partial charge in [-0.15, -0.1) is 0 Å². The molecule has 0 unspecified atom stereocenters. The number of hydrogen-bond donors (Lipinski definition) is 1. The zero-order valence-corrected chi connectivity index (χ0v) is 15.7. The molecule has 6 nitrogen and oxygen atoms in total. The van der Waals surface area contributed by atoms with Gasteiger partial charge in [0.05, 0.1) is 18.0 Å². The minimum absolute atomic E-state index is 0.0459. The second kappa shape index (κ2) is 8.06. The normalized spacial score (nSPS) is 16.6. The van der Waals surface area contributed by atoms with Gasteiger partial charge in [-0.1, -0.05) is 6.42 Å². The predicted molar refractivity (Wildman–Crippen MR) is 105 cm³/mol. The van der Waals surface area contributed by atoms with Gasteiger partial charge in [0.15, 0.2) is 0 Å². The van der Waals surface area contributed by atoms with Crippen molar-refractivity contribution in [3.8, 4) is 0 Å². The van der Waals surface area contributed by atoms with Crippen LogP contribution in [0.25, 0.3) is 5.65 Å². The highest BCUT2D eigenvalue weighted by molar-refractivity contribution is 5.41. The van der Waals surface area contributed by atoms with Crippen molar-refractivity contribution in [3.63, 3.8) is 0 Å². The van der Waals surface area contributed by atoms with Crippen LogP contribution in [0.5, 0.6) is 0 Å². The Morgan fingerprint density at radius 3 is 2.85 bits per heavy atom. The van der Waals surface area contributed by atoms with E-state index in [1.165, 1.54) is 19.3 Å². The van der Waals surface area contributed by atoms with Crippen molar-refractivity contribution in [3.05, 3.63) is 70.2 Å². The second-order valence-corrected chi connectivity index (χ2v) is 7.28. The minimum Gasteiger partial charge on any atom is -0.468 e. The molecular formula is C21H26N4O2. The van der Waals surface area contributed by atoms with Crippen molar-refractivity contribution < 1.29 is 4.42 Å². The number of nitrogens with zero attached hydrogens (tertiary/aromatic N) is 3. The summed E-state index contributed by atoms with van der Waals surface area (Å²) >= 11 is 0. The van der Waals surface area contributed by atoms with Crippen molar-refractivity contribution >= 4 is 5.65 Å². The van der Waals surface area contributed by atoms with Gasteiger partial charge in [0.2, 0.25) is 0 Å². The number of rotatable bonds is 6. The summed E-state index contributed by atoms with van der Waals surface area (Å²) in [6.45, 7) is 5.53. The summed E-state index contributed by atoms with van der Waals surface area (Å²) in [5.41, 5.74) is 2.51. The summed E-state index contributed by atoms with van der Waals surface area (Å²) in [4.78, 5) is 19.4. The van der Waals surface area contributed by atoms with Gasteiger partial charge in [-0.2, -0.15) is 0 Å². The average molecular weight is 366 g/mol. The largest absolute Gasteiger partial charge is 0.468 e. The van der Waals surface area contributed by atoms with E-state index in [1.807, 2.05) is 31.2 Å². The van der Waals surface area contributed by atoms with E-state index in [4.69, 9.17) is 4.42 Å². The van der Waals surface area contributed by atoms with E-state index in [-0.39, 0.29) is 11.6 Å². The van der Waals surface area contributed by atoms with E-state index in [9.17, 15) is 4.79 Å². The molecule has 142 valence electrons. The number of likely N-dealkylation sites (tertiary alicyclic amines) is 1. The number of fused-ring (bicyclic) bond motifs is 1. The maximum atomic E-state index is 12.3. The van der Waals surface area contributed by atoms with E-state index in [0.29, 0.717) is 12.2 Å². The lowest BCUT2D eigenvalue weighted by Crippen LogP contribution is -2.39. The van der Waals surface area contributed by atoms with E-state index < -0.39 is 0 Å². The van der Waals surface area contributed by atoms with Crippen LogP contribution in [-0.2, 0) is 6.54 Å². The molecule has 1 aliphatic heterocycles. The number of furan rings is 1. The molecule has 4 heterocycles. The minimum atomic E-state index is -0.0459. The summed E-state index contributed by atoms with van der Waals surface area (Å²) in [5, 5.41) is 3.48. The lowest BCUT2D eigenvalue weighted by molar-refractivity contribution is 0.142. The van der Waals surface area contributed by atoms with Crippen LogP contribution in [0.4, 0.5) is 0 Å². The van der Waals surface area contributed by atoms with Crippen LogP contribution in [0.15, 0.2) is 52.0 Å². The Bertz CT molecular complexity index is 942. The van der Waals surface area contributed by atoms with E-state index in [2.05, 4.69) is 15.2 Å². The molecule has 0 aromatic carbocycles. The predicted octanol–water partition coefficient (Wildman–Crippen LogP) is 2.91. The van der Waals surface area contributed by atoms with Crippen molar-refractivity contribution in [2.24, 2.45) is 0 Å². The smallest absolute Gasteiger partial charge is 0.258 e. The van der Waals surface area contributed by atoms with Crippen molar-refractivity contribution in [2.75, 3.05) is 19.6 Å². The number of nitrogens with one attached hydrogen (secondary N) is 1. The zero-order valence-electron chi connectivity index (χ0n) is 15.7. The third-order valence-electron chi connectivity index (χ3n) is 5.22. The molecule has 6 heteroatoms. The number of hydrogen-bond acceptors (Lipinski definition) is 5. The van der Waals surface area contributed by atoms with Gasteiger partial charge in [-0.3, -0.25) is 14.1 Å². The first-order valence-corrected chi connectivity index (χ1v) is 9.68. The first-order valence-electron chi connectivity index (χ1n) is 9.68. The molecule has 1 saturated heterocycles. The fourth-order valence-corrected chi connectivity index (χ4v) is 3.80. The first-order chi connectivity index (χ1) is 13.2. The maximum Gasteiger partial charge on any atom is 0.258 e.